The Bertz CT molecular complexity index is 561. The summed E-state index contributed by atoms with van der Waals surface area (Å²) in [6.07, 6.45) is -1.19. The zero-order valence-corrected chi connectivity index (χ0v) is 9.62. The minimum Gasteiger partial charge on any atom is -0.384 e. The third kappa shape index (κ3) is 2.54. The summed E-state index contributed by atoms with van der Waals surface area (Å²) >= 11 is 0. The van der Waals surface area contributed by atoms with E-state index in [4.69, 9.17) is 0 Å². The van der Waals surface area contributed by atoms with Crippen LogP contribution in [0.15, 0.2) is 36.4 Å². The van der Waals surface area contributed by atoms with Crippen LogP contribution in [-0.2, 0) is 0 Å². The van der Waals surface area contributed by atoms with Crippen molar-refractivity contribution in [3.05, 3.63) is 70.5 Å². The molecule has 1 unspecified atom stereocenters. The van der Waals surface area contributed by atoms with Crippen LogP contribution in [0.2, 0.25) is 0 Å². The van der Waals surface area contributed by atoms with Gasteiger partial charge in [0.25, 0.3) is 0 Å². The van der Waals surface area contributed by atoms with Crippen molar-refractivity contribution < 1.29 is 18.3 Å². The second kappa shape index (κ2) is 4.82. The van der Waals surface area contributed by atoms with Gasteiger partial charge in [0, 0.05) is 6.07 Å². The Hall–Kier alpha value is -1.81. The van der Waals surface area contributed by atoms with Crippen LogP contribution >= 0.6 is 0 Å². The van der Waals surface area contributed by atoms with Gasteiger partial charge in [-0.3, -0.25) is 0 Å². The third-order valence-corrected chi connectivity index (χ3v) is 2.70. The van der Waals surface area contributed by atoms with Crippen molar-refractivity contribution in [1.29, 1.82) is 0 Å². The molecule has 0 aromatic heterocycles. The molecule has 0 fully saturated rings. The summed E-state index contributed by atoms with van der Waals surface area (Å²) in [7, 11) is 0. The van der Waals surface area contributed by atoms with Gasteiger partial charge in [0.1, 0.15) is 23.6 Å². The number of rotatable bonds is 2. The molecule has 2 rings (SSSR count). The van der Waals surface area contributed by atoms with E-state index in [9.17, 15) is 18.3 Å². The van der Waals surface area contributed by atoms with Crippen LogP contribution in [0.1, 0.15) is 22.8 Å². The second-order valence-corrected chi connectivity index (χ2v) is 4.11. The Morgan fingerprint density at radius 2 is 1.50 bits per heavy atom. The van der Waals surface area contributed by atoms with Gasteiger partial charge in [-0.05, 0) is 41.8 Å². The highest BCUT2D eigenvalue weighted by Crippen LogP contribution is 2.24. The number of halogens is 3. The Morgan fingerprint density at radius 1 is 0.889 bits per heavy atom. The van der Waals surface area contributed by atoms with Gasteiger partial charge in [-0.25, -0.2) is 13.2 Å². The van der Waals surface area contributed by atoms with E-state index in [0.717, 1.165) is 18.2 Å². The molecule has 0 heterocycles. The summed E-state index contributed by atoms with van der Waals surface area (Å²) in [6, 6.07) is 6.87. The summed E-state index contributed by atoms with van der Waals surface area (Å²) in [6.45, 7) is 1.55. The first kappa shape index (κ1) is 12.6. The monoisotopic (exact) mass is 252 g/mol. The second-order valence-electron chi connectivity index (χ2n) is 4.11. The molecule has 4 heteroatoms. The minimum absolute atomic E-state index is 0.0958. The van der Waals surface area contributed by atoms with Crippen LogP contribution in [0.5, 0.6) is 0 Å². The fraction of sp³-hybridized carbons (Fsp3) is 0.143. The summed E-state index contributed by atoms with van der Waals surface area (Å²) < 4.78 is 39.2. The van der Waals surface area contributed by atoms with Crippen molar-refractivity contribution in [1.82, 2.24) is 0 Å². The third-order valence-electron chi connectivity index (χ3n) is 2.70. The average molecular weight is 252 g/mol. The lowest BCUT2D eigenvalue weighted by Gasteiger charge is -2.12. The molecule has 2 aromatic rings. The smallest absolute Gasteiger partial charge is 0.126 e. The molecule has 18 heavy (non-hydrogen) atoms. The molecule has 1 N–H and O–H groups in total. The van der Waals surface area contributed by atoms with Crippen LogP contribution in [-0.4, -0.2) is 5.11 Å². The van der Waals surface area contributed by atoms with E-state index in [-0.39, 0.29) is 5.56 Å². The Labute approximate surface area is 103 Å². The highest BCUT2D eigenvalue weighted by Gasteiger charge is 2.13. The molecule has 0 radical (unpaired) electrons. The lowest BCUT2D eigenvalue weighted by atomic mass is 9.99. The zero-order chi connectivity index (χ0) is 13.3. The van der Waals surface area contributed by atoms with Crippen LogP contribution in [0.4, 0.5) is 13.2 Å². The highest BCUT2D eigenvalue weighted by atomic mass is 19.1. The molecule has 94 valence electrons. The van der Waals surface area contributed by atoms with Gasteiger partial charge in [0.05, 0.1) is 0 Å². The molecular formula is C14H11F3O. The number of aliphatic hydroxyl groups excluding tert-OH is 1. The van der Waals surface area contributed by atoms with E-state index >= 15 is 0 Å². The largest absolute Gasteiger partial charge is 0.384 e. The minimum atomic E-state index is -1.19. The zero-order valence-electron chi connectivity index (χ0n) is 9.62. The van der Waals surface area contributed by atoms with Gasteiger partial charge in [0.15, 0.2) is 0 Å². The normalized spacial score (nSPS) is 12.5. The fourth-order valence-corrected chi connectivity index (χ4v) is 1.76. The number of aliphatic hydroxyl groups is 1. The van der Waals surface area contributed by atoms with Crippen LogP contribution in [0.25, 0.3) is 0 Å². The van der Waals surface area contributed by atoms with E-state index in [1.807, 2.05) is 0 Å². The molecule has 0 saturated heterocycles. The molecule has 1 atom stereocenters. The van der Waals surface area contributed by atoms with Gasteiger partial charge >= 0.3 is 0 Å². The Balaban J connectivity index is 2.40. The van der Waals surface area contributed by atoms with E-state index < -0.39 is 23.6 Å². The average Bonchev–Trinajstić information content (AvgIpc) is 2.30. The summed E-state index contributed by atoms with van der Waals surface area (Å²) in [5, 5.41) is 10.0. The van der Waals surface area contributed by atoms with Gasteiger partial charge in [-0.2, -0.15) is 0 Å². The quantitative estimate of drug-likeness (QED) is 0.867. The van der Waals surface area contributed by atoms with E-state index in [1.165, 1.54) is 18.2 Å². The summed E-state index contributed by atoms with van der Waals surface area (Å²) in [5.41, 5.74) is 0.848. The number of hydrogen-bond donors (Lipinski definition) is 1. The molecule has 1 nitrogen and oxygen atoms in total. The lowest BCUT2D eigenvalue weighted by Crippen LogP contribution is -2.02. The Morgan fingerprint density at radius 3 is 2.06 bits per heavy atom. The van der Waals surface area contributed by atoms with E-state index in [2.05, 4.69) is 0 Å². The molecule has 0 aliphatic rings. The SMILES string of the molecule is Cc1cc(C(O)c2cc(F)cc(F)c2)ccc1F. The first-order valence-electron chi connectivity index (χ1n) is 5.37. The molecule has 2 aromatic carbocycles. The first-order chi connectivity index (χ1) is 8.47. The number of aryl methyl sites for hydroxylation is 1. The van der Waals surface area contributed by atoms with Crippen molar-refractivity contribution in [3.63, 3.8) is 0 Å². The van der Waals surface area contributed by atoms with Crippen LogP contribution in [0, 0.1) is 24.4 Å². The van der Waals surface area contributed by atoms with Crippen molar-refractivity contribution in [3.8, 4) is 0 Å². The standard InChI is InChI=1S/C14H11F3O/c1-8-4-9(2-3-13(8)17)14(18)10-5-11(15)7-12(16)6-10/h2-7,14,18H,1H3. The maximum Gasteiger partial charge on any atom is 0.126 e. The summed E-state index contributed by atoms with van der Waals surface area (Å²) in [4.78, 5) is 0. The van der Waals surface area contributed by atoms with Crippen molar-refractivity contribution in [2.24, 2.45) is 0 Å². The Kier molecular flexibility index (Phi) is 3.39. The van der Waals surface area contributed by atoms with Gasteiger partial charge < -0.3 is 5.11 Å². The number of hydrogen-bond acceptors (Lipinski definition) is 1. The van der Waals surface area contributed by atoms with Crippen molar-refractivity contribution in [2.45, 2.75) is 13.0 Å². The van der Waals surface area contributed by atoms with Crippen LogP contribution in [0.3, 0.4) is 0 Å². The predicted molar refractivity (Wildman–Crippen MR) is 61.6 cm³/mol. The van der Waals surface area contributed by atoms with Gasteiger partial charge in [-0.1, -0.05) is 12.1 Å². The number of benzene rings is 2. The van der Waals surface area contributed by atoms with Gasteiger partial charge in [-0.15, -0.1) is 0 Å². The summed E-state index contributed by atoms with van der Waals surface area (Å²) in [5.74, 6) is -1.91. The van der Waals surface area contributed by atoms with Crippen molar-refractivity contribution in [2.75, 3.05) is 0 Å². The molecule has 0 aliphatic carbocycles. The maximum atomic E-state index is 13.1. The first-order valence-corrected chi connectivity index (χ1v) is 5.37. The highest BCUT2D eigenvalue weighted by molar-refractivity contribution is 5.33. The maximum absolute atomic E-state index is 13.1. The molecule has 0 saturated carbocycles. The fourth-order valence-electron chi connectivity index (χ4n) is 1.76. The molecule has 0 amide bonds. The predicted octanol–water partition coefficient (Wildman–Crippen LogP) is 3.49. The topological polar surface area (TPSA) is 20.2 Å². The molecule has 0 aliphatic heterocycles. The van der Waals surface area contributed by atoms with E-state index in [0.29, 0.717) is 11.1 Å². The van der Waals surface area contributed by atoms with Gasteiger partial charge in [0.2, 0.25) is 0 Å². The molecular weight excluding hydrogens is 241 g/mol. The van der Waals surface area contributed by atoms with E-state index in [1.54, 1.807) is 6.92 Å². The van der Waals surface area contributed by atoms with Crippen molar-refractivity contribution >= 4 is 0 Å². The molecule has 0 bridgehead atoms. The van der Waals surface area contributed by atoms with Crippen LogP contribution < -0.4 is 0 Å². The lowest BCUT2D eigenvalue weighted by molar-refractivity contribution is 0.219. The molecule has 0 spiro atoms.